The number of aliphatic hydroxyl groups excluding tert-OH is 1. The number of nitrogens with one attached hydrogen (secondary N) is 3. The number of anilines is 1. The molecule has 1 unspecified atom stereocenters. The van der Waals surface area contributed by atoms with Gasteiger partial charge < -0.3 is 41.9 Å². The number of aromatic hydroxyl groups is 1. The molecule has 2 aromatic carbocycles. The number of hydrogen-bond donors (Lipinski definition) is 9. The zero-order valence-electron chi connectivity index (χ0n) is 29.7. The number of fused-ring (bicyclic) bond motifs is 1. The van der Waals surface area contributed by atoms with Gasteiger partial charge in [-0.1, -0.05) is 6.07 Å². The monoisotopic (exact) mass is 790 g/mol. The lowest BCUT2D eigenvalue weighted by Gasteiger charge is -2.43. The molecular weight excluding hydrogens is 745 g/mol. The van der Waals surface area contributed by atoms with E-state index in [0.717, 1.165) is 37.3 Å². The topological polar surface area (TPSA) is 293 Å². The van der Waals surface area contributed by atoms with Crippen molar-refractivity contribution in [3.8, 4) is 11.8 Å². The predicted octanol–water partition coefficient (Wildman–Crippen LogP) is 0.413. The van der Waals surface area contributed by atoms with Gasteiger partial charge in [0.2, 0.25) is 21.8 Å². The molecule has 0 spiro atoms. The van der Waals surface area contributed by atoms with Gasteiger partial charge in [0.05, 0.1) is 40.2 Å². The van der Waals surface area contributed by atoms with Gasteiger partial charge in [-0.25, -0.2) is 8.42 Å². The highest BCUT2D eigenvalue weighted by atomic mass is 32.2. The number of benzene rings is 2. The number of nitriles is 1. The summed E-state index contributed by atoms with van der Waals surface area (Å²) in [6, 6.07) is 7.95. The van der Waals surface area contributed by atoms with E-state index >= 15 is 0 Å². The standard InChI is InChI=1S/C35H46N6O11S2/c1-54(51,52)40-23-14-25(28(42)16-35(50)8-10-41(11-9-35)24-5-4-21-12-20(17-36)2-3-22(21)13-24)32(46)29(15-23)53-19-27(33(47)38-18-31(44)45)39-30(43)7-6-26(37)34(48)49/h2-3,12,14-15,24,26-28,40,42,46,50H,4-11,13,16,18-19,37H2,1H3,(H,38,47)(H,39,43)(H,44,45)(H,48,49)/t24-,26+,27+,28?/m1/s1. The molecule has 4 atom stereocenters. The fourth-order valence-electron chi connectivity index (χ4n) is 6.68. The Morgan fingerprint density at radius 3 is 2.46 bits per heavy atom. The van der Waals surface area contributed by atoms with Gasteiger partial charge in [-0.05, 0) is 73.9 Å². The Balaban J connectivity index is 1.47. The van der Waals surface area contributed by atoms with Gasteiger partial charge in [0, 0.05) is 43.3 Å². The van der Waals surface area contributed by atoms with Crippen molar-refractivity contribution in [1.29, 1.82) is 5.26 Å². The van der Waals surface area contributed by atoms with Crippen LogP contribution in [0.4, 0.5) is 5.69 Å². The Bertz CT molecular complexity index is 1880. The largest absolute Gasteiger partial charge is 0.506 e. The van der Waals surface area contributed by atoms with Gasteiger partial charge in [0.1, 0.15) is 24.4 Å². The van der Waals surface area contributed by atoms with Gasteiger partial charge in [-0.3, -0.25) is 28.8 Å². The van der Waals surface area contributed by atoms with Gasteiger partial charge >= 0.3 is 11.9 Å². The second kappa shape index (κ2) is 18.3. The molecule has 54 heavy (non-hydrogen) atoms. The maximum absolute atomic E-state index is 12.9. The smallest absolute Gasteiger partial charge is 0.322 e. The van der Waals surface area contributed by atoms with Crippen LogP contribution in [0.2, 0.25) is 0 Å². The first-order valence-electron chi connectivity index (χ1n) is 17.3. The lowest BCUT2D eigenvalue weighted by atomic mass is 9.81. The van der Waals surface area contributed by atoms with Gasteiger partial charge in [0.15, 0.2) is 0 Å². The summed E-state index contributed by atoms with van der Waals surface area (Å²) in [6.07, 6.45) is 1.88. The average molecular weight is 791 g/mol. The molecule has 17 nitrogen and oxygen atoms in total. The lowest BCUT2D eigenvalue weighted by molar-refractivity contribution is -0.139. The van der Waals surface area contributed by atoms with E-state index in [1.165, 1.54) is 23.3 Å². The third-order valence-corrected chi connectivity index (χ3v) is 11.3. The summed E-state index contributed by atoms with van der Waals surface area (Å²) >= 11 is 0.796. The molecule has 0 saturated carbocycles. The summed E-state index contributed by atoms with van der Waals surface area (Å²) in [5.41, 5.74) is 7.02. The number of nitrogens with zero attached hydrogens (tertiary/aromatic N) is 2. The summed E-state index contributed by atoms with van der Waals surface area (Å²) in [6.45, 7) is 0.345. The van der Waals surface area contributed by atoms with Gasteiger partial charge in [-0.15, -0.1) is 11.8 Å². The number of sulfonamides is 1. The number of phenols is 1. The van der Waals surface area contributed by atoms with Crippen LogP contribution >= 0.6 is 11.8 Å². The molecule has 2 aromatic rings. The molecule has 2 aliphatic rings. The Labute approximate surface area is 317 Å². The number of aliphatic carboxylic acids is 2. The molecule has 10 N–H and O–H groups in total. The maximum atomic E-state index is 12.9. The van der Waals surface area contributed by atoms with Crippen LogP contribution in [-0.4, -0.2) is 118 Å². The minimum absolute atomic E-state index is 0.00263. The third-order valence-electron chi connectivity index (χ3n) is 9.59. The number of rotatable bonds is 17. The number of nitrogens with two attached hydrogens (primary N) is 1. The van der Waals surface area contributed by atoms with Crippen LogP contribution < -0.4 is 21.1 Å². The lowest BCUT2D eigenvalue weighted by Crippen LogP contribution is -2.50. The average Bonchev–Trinajstić information content (AvgIpc) is 3.11. The van der Waals surface area contributed by atoms with Crippen molar-refractivity contribution in [3.63, 3.8) is 0 Å². The number of aryl methyl sites for hydroxylation is 1. The van der Waals surface area contributed by atoms with E-state index in [9.17, 15) is 48.2 Å². The van der Waals surface area contributed by atoms with E-state index < -0.39 is 69.9 Å². The van der Waals surface area contributed by atoms with Crippen LogP contribution in [0.1, 0.15) is 66.9 Å². The van der Waals surface area contributed by atoms with Crippen molar-refractivity contribution in [2.24, 2.45) is 5.73 Å². The minimum atomic E-state index is -3.84. The molecule has 4 rings (SSSR count). The fourth-order valence-corrected chi connectivity index (χ4v) is 8.27. The summed E-state index contributed by atoms with van der Waals surface area (Å²) in [7, 11) is -3.84. The zero-order valence-corrected chi connectivity index (χ0v) is 31.3. The zero-order chi connectivity index (χ0) is 39.8. The highest BCUT2D eigenvalue weighted by molar-refractivity contribution is 7.99. The summed E-state index contributed by atoms with van der Waals surface area (Å²) < 4.78 is 26.6. The molecule has 294 valence electrons. The second-order valence-corrected chi connectivity index (χ2v) is 16.6. The van der Waals surface area contributed by atoms with E-state index in [-0.39, 0.29) is 47.2 Å². The number of carboxylic acid groups (broad SMARTS) is 2. The Morgan fingerprint density at radius 2 is 1.83 bits per heavy atom. The molecule has 1 fully saturated rings. The van der Waals surface area contributed by atoms with E-state index in [2.05, 4.69) is 26.3 Å². The number of likely N-dealkylation sites (tertiary alicyclic amines) is 1. The molecule has 0 bridgehead atoms. The molecule has 0 radical (unpaired) electrons. The molecule has 1 aliphatic heterocycles. The molecule has 1 saturated heterocycles. The van der Waals surface area contributed by atoms with Crippen LogP contribution in [0.5, 0.6) is 5.75 Å². The quantitative estimate of drug-likeness (QED) is 0.0775. The number of thioether (sulfide) groups is 1. The first kappa shape index (κ1) is 42.3. The van der Waals surface area contributed by atoms with E-state index in [1.54, 1.807) is 0 Å². The number of carboxylic acids is 2. The third kappa shape index (κ3) is 12.0. The maximum Gasteiger partial charge on any atom is 0.322 e. The van der Waals surface area contributed by atoms with Crippen molar-refractivity contribution >= 4 is 51.2 Å². The highest BCUT2D eigenvalue weighted by Gasteiger charge is 2.38. The number of piperidine rings is 1. The van der Waals surface area contributed by atoms with Crippen LogP contribution in [0.15, 0.2) is 35.2 Å². The number of carbonyl (C=O) groups is 4. The summed E-state index contributed by atoms with van der Waals surface area (Å²) in [5, 5.41) is 66.1. The molecule has 1 heterocycles. The molecule has 2 amide bonds. The van der Waals surface area contributed by atoms with Crippen LogP contribution in [0.3, 0.4) is 0 Å². The van der Waals surface area contributed by atoms with Crippen LogP contribution in [0.25, 0.3) is 0 Å². The molecular formula is C35H46N6O11S2. The Hall–Kier alpha value is -4.45. The second-order valence-electron chi connectivity index (χ2n) is 13.8. The van der Waals surface area contributed by atoms with E-state index in [1.807, 2.05) is 18.2 Å². The number of hydrogen-bond acceptors (Lipinski definition) is 13. The van der Waals surface area contributed by atoms with Gasteiger partial charge in [-0.2, -0.15) is 5.26 Å². The first-order chi connectivity index (χ1) is 25.4. The number of phenolic OH excluding ortho intramolecular Hbond substituents is 1. The van der Waals surface area contributed by atoms with Crippen LogP contribution in [0, 0.1) is 11.3 Å². The Kier molecular flexibility index (Phi) is 14.3. The SMILES string of the molecule is CS(=O)(=O)Nc1cc(SC[C@H](NC(=O)CC[C@H](N)C(=O)O)C(=O)NCC(=O)O)c(O)c(C(O)CC2(O)CCN([C@@H]3CCc4cc(C#N)ccc4C3)CC2)c1. The van der Waals surface area contributed by atoms with Crippen molar-refractivity contribution in [2.75, 3.05) is 36.4 Å². The highest BCUT2D eigenvalue weighted by Crippen LogP contribution is 2.42. The minimum Gasteiger partial charge on any atom is -0.506 e. The summed E-state index contributed by atoms with van der Waals surface area (Å²) in [4.78, 5) is 49.9. The molecule has 1 aliphatic carbocycles. The van der Waals surface area contributed by atoms with Crippen molar-refractivity contribution in [2.45, 2.75) is 86.1 Å². The number of carbonyl (C=O) groups excluding carboxylic acids is 2. The predicted molar refractivity (Wildman–Crippen MR) is 197 cm³/mol. The van der Waals surface area contributed by atoms with E-state index in [4.69, 9.17) is 15.9 Å². The molecule has 19 heteroatoms. The van der Waals surface area contributed by atoms with Crippen molar-refractivity contribution < 1.29 is 53.1 Å². The molecule has 0 aromatic heterocycles. The van der Waals surface area contributed by atoms with Crippen molar-refractivity contribution in [3.05, 3.63) is 52.6 Å². The fraction of sp³-hybridized carbons (Fsp3) is 0.514. The van der Waals surface area contributed by atoms with Crippen molar-refractivity contribution in [1.82, 2.24) is 15.5 Å². The van der Waals surface area contributed by atoms with E-state index in [0.29, 0.717) is 31.5 Å². The van der Waals surface area contributed by atoms with Gasteiger partial charge in [0.25, 0.3) is 0 Å². The normalized spacial score (nSPS) is 18.6. The Morgan fingerprint density at radius 1 is 1.13 bits per heavy atom. The number of aliphatic hydroxyl groups is 2. The number of amides is 2. The first-order valence-corrected chi connectivity index (χ1v) is 20.1. The summed E-state index contributed by atoms with van der Waals surface area (Å²) in [5.74, 6) is -5.10. The van der Waals surface area contributed by atoms with Crippen LogP contribution in [-0.2, 0) is 42.0 Å².